The second kappa shape index (κ2) is 6.70. The van der Waals surface area contributed by atoms with Gasteiger partial charge in [0.1, 0.15) is 5.75 Å². The highest BCUT2D eigenvalue weighted by Crippen LogP contribution is 2.42. The van der Waals surface area contributed by atoms with Crippen LogP contribution in [0.5, 0.6) is 5.75 Å². The summed E-state index contributed by atoms with van der Waals surface area (Å²) in [4.78, 5) is 0. The minimum absolute atomic E-state index is 0.393. The molecule has 1 saturated heterocycles. The second-order valence-electron chi connectivity index (χ2n) is 7.30. The molecule has 2 aromatic rings. The van der Waals surface area contributed by atoms with E-state index in [1.165, 1.54) is 0 Å². The summed E-state index contributed by atoms with van der Waals surface area (Å²) in [5, 5.41) is 0. The summed E-state index contributed by atoms with van der Waals surface area (Å²) in [6, 6.07) is 18.2. The first-order valence-corrected chi connectivity index (χ1v) is 8.60. The largest absolute Gasteiger partial charge is 0.496 e. The third-order valence-electron chi connectivity index (χ3n) is 5.05. The van der Waals surface area contributed by atoms with Crippen LogP contribution in [-0.4, -0.2) is 25.4 Å². The molecule has 4 heteroatoms. The summed E-state index contributed by atoms with van der Waals surface area (Å²) in [6.07, 6.45) is 2.11. The van der Waals surface area contributed by atoms with Crippen LogP contribution in [0, 0.1) is 0 Å². The highest BCUT2D eigenvalue weighted by Gasteiger charge is 2.52. The lowest BCUT2D eigenvalue weighted by atomic mass is 9.73. The Hall–Kier alpha value is -2.04. The van der Waals surface area contributed by atoms with Gasteiger partial charge in [-0.15, -0.1) is 0 Å². The lowest BCUT2D eigenvalue weighted by Gasteiger charge is -2.32. The molecule has 0 amide bonds. The zero-order valence-electron chi connectivity index (χ0n) is 15.6. The number of rotatable bonds is 4. The van der Waals surface area contributed by atoms with Crippen LogP contribution in [0.25, 0.3) is 11.5 Å². The van der Waals surface area contributed by atoms with Gasteiger partial charge in [-0.05, 0) is 44.8 Å². The standard InChI is InChI=1S/C21H25BO3/c1-20(2)21(3,4)25-22(24-20)18(15-16-11-7-6-8-12-16)17-13-9-10-14-19(17)23-5/h6-15H,1-5H3/b18-15-. The summed E-state index contributed by atoms with van der Waals surface area (Å²) in [5.41, 5.74) is 2.25. The van der Waals surface area contributed by atoms with E-state index in [1.807, 2.05) is 42.5 Å². The Labute approximate surface area is 150 Å². The summed E-state index contributed by atoms with van der Waals surface area (Å²) in [6.45, 7) is 8.26. The van der Waals surface area contributed by atoms with E-state index in [0.717, 1.165) is 22.3 Å². The Kier molecular flexibility index (Phi) is 4.76. The maximum atomic E-state index is 6.31. The average Bonchev–Trinajstić information content (AvgIpc) is 2.81. The number of ether oxygens (including phenoxy) is 1. The zero-order valence-corrected chi connectivity index (χ0v) is 15.6. The van der Waals surface area contributed by atoms with Crippen molar-refractivity contribution in [3.63, 3.8) is 0 Å². The van der Waals surface area contributed by atoms with Gasteiger partial charge in [0.25, 0.3) is 0 Å². The number of para-hydroxylation sites is 1. The fourth-order valence-electron chi connectivity index (χ4n) is 2.85. The molecule has 0 spiro atoms. The molecule has 0 aliphatic carbocycles. The SMILES string of the molecule is COc1ccccc1/C(=C/c1ccccc1)B1OC(C)(C)C(C)(C)O1. The minimum atomic E-state index is -0.457. The van der Waals surface area contributed by atoms with E-state index in [-0.39, 0.29) is 0 Å². The van der Waals surface area contributed by atoms with Gasteiger partial charge in [-0.3, -0.25) is 0 Å². The third-order valence-corrected chi connectivity index (χ3v) is 5.05. The molecular formula is C21H25BO3. The topological polar surface area (TPSA) is 27.7 Å². The van der Waals surface area contributed by atoms with E-state index in [2.05, 4.69) is 45.9 Å². The molecule has 1 fully saturated rings. The molecule has 130 valence electrons. The van der Waals surface area contributed by atoms with E-state index >= 15 is 0 Å². The van der Waals surface area contributed by atoms with Crippen LogP contribution in [0.3, 0.4) is 0 Å². The van der Waals surface area contributed by atoms with Crippen molar-refractivity contribution in [1.29, 1.82) is 0 Å². The Morgan fingerprint density at radius 1 is 0.880 bits per heavy atom. The minimum Gasteiger partial charge on any atom is -0.496 e. The molecule has 0 unspecified atom stereocenters. The van der Waals surface area contributed by atoms with E-state index in [9.17, 15) is 0 Å². The van der Waals surface area contributed by atoms with Crippen LogP contribution in [-0.2, 0) is 9.31 Å². The van der Waals surface area contributed by atoms with E-state index in [0.29, 0.717) is 0 Å². The van der Waals surface area contributed by atoms with Gasteiger partial charge in [0.05, 0.1) is 18.3 Å². The highest BCUT2D eigenvalue weighted by atomic mass is 16.7. The zero-order chi connectivity index (χ0) is 18.1. The molecule has 1 aliphatic heterocycles. The predicted octanol–water partition coefficient (Wildman–Crippen LogP) is 4.87. The monoisotopic (exact) mass is 336 g/mol. The molecule has 2 aromatic carbocycles. The van der Waals surface area contributed by atoms with Crippen LogP contribution in [0.2, 0.25) is 0 Å². The van der Waals surface area contributed by atoms with Gasteiger partial charge in [0, 0.05) is 5.56 Å². The van der Waals surface area contributed by atoms with Crippen molar-refractivity contribution in [2.45, 2.75) is 38.9 Å². The van der Waals surface area contributed by atoms with Gasteiger partial charge in [-0.25, -0.2) is 0 Å². The summed E-state index contributed by atoms with van der Waals surface area (Å²) < 4.78 is 18.2. The molecule has 0 N–H and O–H groups in total. The van der Waals surface area contributed by atoms with Crippen LogP contribution >= 0.6 is 0 Å². The first kappa shape index (κ1) is 17.8. The molecule has 0 radical (unpaired) electrons. The van der Waals surface area contributed by atoms with Crippen molar-refractivity contribution in [3.05, 3.63) is 65.7 Å². The molecule has 25 heavy (non-hydrogen) atoms. The van der Waals surface area contributed by atoms with Crippen molar-refractivity contribution in [1.82, 2.24) is 0 Å². The van der Waals surface area contributed by atoms with E-state index < -0.39 is 18.3 Å². The summed E-state index contributed by atoms with van der Waals surface area (Å²) >= 11 is 0. The van der Waals surface area contributed by atoms with Crippen LogP contribution in [0.1, 0.15) is 38.8 Å². The molecule has 1 heterocycles. The smallest absolute Gasteiger partial charge is 0.495 e. The summed E-state index contributed by atoms with van der Waals surface area (Å²) in [7, 11) is 1.23. The van der Waals surface area contributed by atoms with Gasteiger partial charge in [0.2, 0.25) is 0 Å². The molecule has 0 bridgehead atoms. The van der Waals surface area contributed by atoms with E-state index in [4.69, 9.17) is 14.0 Å². The van der Waals surface area contributed by atoms with Crippen LogP contribution in [0.4, 0.5) is 0 Å². The van der Waals surface area contributed by atoms with Gasteiger partial charge >= 0.3 is 7.12 Å². The maximum Gasteiger partial charge on any atom is 0.495 e. The lowest BCUT2D eigenvalue weighted by molar-refractivity contribution is 0.00578. The number of methoxy groups -OCH3 is 1. The van der Waals surface area contributed by atoms with Gasteiger partial charge < -0.3 is 14.0 Å². The maximum absolute atomic E-state index is 6.31. The molecule has 0 saturated carbocycles. The first-order valence-electron chi connectivity index (χ1n) is 8.60. The van der Waals surface area contributed by atoms with Crippen LogP contribution < -0.4 is 4.74 Å². The van der Waals surface area contributed by atoms with Crippen LogP contribution in [0.15, 0.2) is 54.6 Å². The van der Waals surface area contributed by atoms with Crippen molar-refractivity contribution in [2.75, 3.05) is 7.11 Å². The number of hydrogen-bond donors (Lipinski definition) is 0. The fourth-order valence-corrected chi connectivity index (χ4v) is 2.85. The molecule has 1 aliphatic rings. The second-order valence-corrected chi connectivity index (χ2v) is 7.30. The summed E-state index contributed by atoms with van der Waals surface area (Å²) in [5.74, 6) is 0.805. The van der Waals surface area contributed by atoms with Crippen molar-refractivity contribution >= 4 is 18.7 Å². The third kappa shape index (κ3) is 3.51. The number of benzene rings is 2. The highest BCUT2D eigenvalue weighted by molar-refractivity contribution is 6.70. The van der Waals surface area contributed by atoms with Crippen molar-refractivity contribution in [3.8, 4) is 5.75 Å². The quantitative estimate of drug-likeness (QED) is 0.589. The molecule has 3 rings (SSSR count). The number of hydrogen-bond acceptors (Lipinski definition) is 3. The Morgan fingerprint density at radius 3 is 2.04 bits per heavy atom. The van der Waals surface area contributed by atoms with Crippen molar-refractivity contribution < 1.29 is 14.0 Å². The fraction of sp³-hybridized carbons (Fsp3) is 0.333. The van der Waals surface area contributed by atoms with Gasteiger partial charge in [-0.2, -0.15) is 0 Å². The molecule has 0 atom stereocenters. The van der Waals surface area contributed by atoms with Crippen molar-refractivity contribution in [2.24, 2.45) is 0 Å². The Morgan fingerprint density at radius 2 is 1.44 bits per heavy atom. The van der Waals surface area contributed by atoms with Gasteiger partial charge in [0.15, 0.2) is 0 Å². The van der Waals surface area contributed by atoms with E-state index in [1.54, 1.807) is 7.11 Å². The Bertz CT molecular complexity index is 750. The molecule has 3 nitrogen and oxygen atoms in total. The predicted molar refractivity (Wildman–Crippen MR) is 103 cm³/mol. The average molecular weight is 336 g/mol. The Balaban J connectivity index is 2.10. The normalized spacial score (nSPS) is 19.1. The molecular weight excluding hydrogens is 311 g/mol. The lowest BCUT2D eigenvalue weighted by Crippen LogP contribution is -2.41. The molecule has 0 aromatic heterocycles. The first-order chi connectivity index (χ1) is 11.8. The van der Waals surface area contributed by atoms with Gasteiger partial charge in [-0.1, -0.05) is 54.6 Å².